The van der Waals surface area contributed by atoms with Crippen molar-refractivity contribution in [3.63, 3.8) is 0 Å². The van der Waals surface area contributed by atoms with Crippen LogP contribution in [0.3, 0.4) is 0 Å². The average Bonchev–Trinajstić information content (AvgIpc) is 2.33. The normalized spacial score (nSPS) is 12.2. The first kappa shape index (κ1) is 13.2. The number of aromatic hydroxyl groups is 1. The molecule has 0 spiro atoms. The number of aryl methyl sites for hydroxylation is 1. The van der Waals surface area contributed by atoms with Gasteiger partial charge >= 0.3 is 0 Å². The molecule has 0 radical (unpaired) electrons. The van der Waals surface area contributed by atoms with Gasteiger partial charge in [0.25, 0.3) is 0 Å². The molecule has 0 saturated carbocycles. The molecule has 0 fully saturated rings. The summed E-state index contributed by atoms with van der Waals surface area (Å²) in [5, 5.41) is 12.9. The summed E-state index contributed by atoms with van der Waals surface area (Å²) >= 11 is 2.30. The van der Waals surface area contributed by atoms with Crippen molar-refractivity contribution in [1.29, 1.82) is 0 Å². The molecule has 1 unspecified atom stereocenters. The van der Waals surface area contributed by atoms with Gasteiger partial charge in [0.15, 0.2) is 0 Å². The van der Waals surface area contributed by atoms with Crippen molar-refractivity contribution in [2.75, 3.05) is 5.32 Å². The van der Waals surface area contributed by atoms with E-state index in [1.165, 1.54) is 9.13 Å². The maximum Gasteiger partial charge on any atom is 0.115 e. The maximum absolute atomic E-state index is 9.39. The summed E-state index contributed by atoms with van der Waals surface area (Å²) in [6, 6.07) is 14.1. The zero-order valence-electron chi connectivity index (χ0n) is 10.4. The third-order valence-electron chi connectivity index (χ3n) is 2.95. The Hall–Kier alpha value is -1.23. The number of benzene rings is 2. The summed E-state index contributed by atoms with van der Waals surface area (Å²) in [6.07, 6.45) is 0. The van der Waals surface area contributed by atoms with Crippen LogP contribution in [0.15, 0.2) is 42.5 Å². The second kappa shape index (κ2) is 5.61. The lowest BCUT2D eigenvalue weighted by Gasteiger charge is -2.17. The summed E-state index contributed by atoms with van der Waals surface area (Å²) in [6.45, 7) is 4.12. The SMILES string of the molecule is Cc1cc(O)ccc1NC(C)c1ccc(I)cc1. The van der Waals surface area contributed by atoms with Crippen LogP contribution >= 0.6 is 22.6 Å². The Morgan fingerprint density at radius 2 is 1.78 bits per heavy atom. The van der Waals surface area contributed by atoms with Crippen LogP contribution in [-0.4, -0.2) is 5.11 Å². The second-order valence-electron chi connectivity index (χ2n) is 4.42. The zero-order chi connectivity index (χ0) is 13.1. The van der Waals surface area contributed by atoms with Crippen molar-refractivity contribution in [1.82, 2.24) is 0 Å². The molecule has 94 valence electrons. The third kappa shape index (κ3) is 3.16. The van der Waals surface area contributed by atoms with E-state index in [0.717, 1.165) is 11.3 Å². The van der Waals surface area contributed by atoms with Crippen LogP contribution in [0.5, 0.6) is 5.75 Å². The average molecular weight is 353 g/mol. The molecule has 2 rings (SSSR count). The quantitative estimate of drug-likeness (QED) is 0.630. The Morgan fingerprint density at radius 3 is 2.39 bits per heavy atom. The van der Waals surface area contributed by atoms with E-state index in [0.29, 0.717) is 5.75 Å². The number of halogens is 1. The number of hydrogen-bond donors (Lipinski definition) is 2. The smallest absolute Gasteiger partial charge is 0.115 e. The second-order valence-corrected chi connectivity index (χ2v) is 5.66. The minimum atomic E-state index is 0.241. The fraction of sp³-hybridized carbons (Fsp3) is 0.200. The Balaban J connectivity index is 2.15. The van der Waals surface area contributed by atoms with Crippen molar-refractivity contribution >= 4 is 28.3 Å². The number of nitrogens with one attached hydrogen (secondary N) is 1. The molecule has 2 aromatic rings. The van der Waals surface area contributed by atoms with Crippen molar-refractivity contribution < 1.29 is 5.11 Å². The van der Waals surface area contributed by atoms with Gasteiger partial charge in [0, 0.05) is 15.3 Å². The van der Waals surface area contributed by atoms with Crippen LogP contribution in [0.2, 0.25) is 0 Å². The number of hydrogen-bond acceptors (Lipinski definition) is 2. The van der Waals surface area contributed by atoms with Gasteiger partial charge in [-0.15, -0.1) is 0 Å². The molecule has 0 bridgehead atoms. The monoisotopic (exact) mass is 353 g/mol. The van der Waals surface area contributed by atoms with Gasteiger partial charge in [-0.25, -0.2) is 0 Å². The van der Waals surface area contributed by atoms with Gasteiger partial charge in [0.1, 0.15) is 5.75 Å². The van der Waals surface area contributed by atoms with E-state index < -0.39 is 0 Å². The Labute approximate surface area is 121 Å². The predicted molar refractivity (Wildman–Crippen MR) is 84.0 cm³/mol. The maximum atomic E-state index is 9.39. The summed E-state index contributed by atoms with van der Waals surface area (Å²) in [5.41, 5.74) is 3.36. The molecular formula is C15H16INO. The lowest BCUT2D eigenvalue weighted by molar-refractivity contribution is 0.475. The minimum absolute atomic E-state index is 0.241. The van der Waals surface area contributed by atoms with Crippen LogP contribution in [0, 0.1) is 10.5 Å². The molecule has 2 aromatic carbocycles. The van der Waals surface area contributed by atoms with Crippen molar-refractivity contribution in [2.45, 2.75) is 19.9 Å². The molecule has 2 nitrogen and oxygen atoms in total. The number of anilines is 1. The highest BCUT2D eigenvalue weighted by Crippen LogP contribution is 2.25. The van der Waals surface area contributed by atoms with E-state index in [4.69, 9.17) is 0 Å². The topological polar surface area (TPSA) is 32.3 Å². The fourth-order valence-corrected chi connectivity index (χ4v) is 2.24. The molecule has 0 aliphatic rings. The van der Waals surface area contributed by atoms with Gasteiger partial charge in [-0.2, -0.15) is 0 Å². The van der Waals surface area contributed by atoms with Crippen molar-refractivity contribution in [3.05, 3.63) is 57.2 Å². The zero-order valence-corrected chi connectivity index (χ0v) is 12.6. The molecule has 3 heteroatoms. The Kier molecular flexibility index (Phi) is 4.11. The van der Waals surface area contributed by atoms with Crippen molar-refractivity contribution in [2.24, 2.45) is 0 Å². The predicted octanol–water partition coefficient (Wildman–Crippen LogP) is 4.48. The third-order valence-corrected chi connectivity index (χ3v) is 3.67. The lowest BCUT2D eigenvalue weighted by atomic mass is 10.1. The molecule has 2 N–H and O–H groups in total. The van der Waals surface area contributed by atoms with Crippen LogP contribution in [0.25, 0.3) is 0 Å². The van der Waals surface area contributed by atoms with E-state index in [-0.39, 0.29) is 6.04 Å². The summed E-state index contributed by atoms with van der Waals surface area (Å²) in [5.74, 6) is 0.306. The Bertz CT molecular complexity index is 537. The summed E-state index contributed by atoms with van der Waals surface area (Å²) < 4.78 is 1.24. The van der Waals surface area contributed by atoms with Gasteiger partial charge in [0.05, 0.1) is 0 Å². The first-order chi connectivity index (χ1) is 8.56. The van der Waals surface area contributed by atoms with E-state index in [1.807, 2.05) is 13.0 Å². The highest BCUT2D eigenvalue weighted by atomic mass is 127. The van der Waals surface area contributed by atoms with E-state index in [1.54, 1.807) is 12.1 Å². The van der Waals surface area contributed by atoms with E-state index >= 15 is 0 Å². The van der Waals surface area contributed by atoms with Gasteiger partial charge in [-0.1, -0.05) is 12.1 Å². The Morgan fingerprint density at radius 1 is 1.11 bits per heavy atom. The largest absolute Gasteiger partial charge is 0.508 e. The number of phenols is 1. The van der Waals surface area contributed by atoms with Crippen LogP contribution in [0.4, 0.5) is 5.69 Å². The minimum Gasteiger partial charge on any atom is -0.508 e. The molecule has 1 atom stereocenters. The van der Waals surface area contributed by atoms with Crippen LogP contribution < -0.4 is 5.32 Å². The molecule has 0 amide bonds. The number of rotatable bonds is 3. The van der Waals surface area contributed by atoms with E-state index in [9.17, 15) is 5.11 Å². The molecular weight excluding hydrogens is 337 g/mol. The first-order valence-electron chi connectivity index (χ1n) is 5.88. The van der Waals surface area contributed by atoms with Crippen molar-refractivity contribution in [3.8, 4) is 5.75 Å². The van der Waals surface area contributed by atoms with Gasteiger partial charge in [-0.05, 0) is 77.9 Å². The standard InChI is InChI=1S/C15H16INO/c1-10-9-14(18)7-8-15(10)17-11(2)12-3-5-13(16)6-4-12/h3-9,11,17-18H,1-2H3. The van der Waals surface area contributed by atoms with Gasteiger partial charge in [-0.3, -0.25) is 0 Å². The van der Waals surface area contributed by atoms with Crippen LogP contribution in [0.1, 0.15) is 24.1 Å². The lowest BCUT2D eigenvalue weighted by Crippen LogP contribution is -2.07. The summed E-state index contributed by atoms with van der Waals surface area (Å²) in [4.78, 5) is 0. The van der Waals surface area contributed by atoms with E-state index in [2.05, 4.69) is 59.1 Å². The molecule has 0 heterocycles. The highest BCUT2D eigenvalue weighted by molar-refractivity contribution is 14.1. The molecule has 0 aromatic heterocycles. The summed E-state index contributed by atoms with van der Waals surface area (Å²) in [7, 11) is 0. The highest BCUT2D eigenvalue weighted by Gasteiger charge is 2.07. The first-order valence-corrected chi connectivity index (χ1v) is 6.96. The molecule has 0 saturated heterocycles. The number of phenolic OH excluding ortho intramolecular Hbond substituents is 1. The van der Waals surface area contributed by atoms with Crippen LogP contribution in [-0.2, 0) is 0 Å². The fourth-order valence-electron chi connectivity index (χ4n) is 1.88. The van der Waals surface area contributed by atoms with Gasteiger partial charge in [0.2, 0.25) is 0 Å². The van der Waals surface area contributed by atoms with Gasteiger partial charge < -0.3 is 10.4 Å². The molecule has 18 heavy (non-hydrogen) atoms. The molecule has 0 aliphatic heterocycles. The molecule has 0 aliphatic carbocycles.